The largest absolute Gasteiger partial charge is 0.480 e. The number of carboxylic acid groups (broad SMARTS) is 1. The molecule has 1 aliphatic rings. The van der Waals surface area contributed by atoms with E-state index in [-0.39, 0.29) is 11.4 Å². The number of carboxylic acids is 1. The van der Waals surface area contributed by atoms with Crippen LogP contribution in [0.2, 0.25) is 0 Å². The first-order chi connectivity index (χ1) is 13.9. The summed E-state index contributed by atoms with van der Waals surface area (Å²) in [5, 5.41) is 13.2. The van der Waals surface area contributed by atoms with Crippen molar-refractivity contribution in [1.82, 2.24) is 14.5 Å². The SMILES string of the molecule is O=C(O)Cn1ncc2c1CCC[C@H]2NS(=O)(=O)c1ccc(-c2ccccc2)cc1. The molecule has 29 heavy (non-hydrogen) atoms. The van der Waals surface area contributed by atoms with Crippen molar-refractivity contribution in [3.05, 3.63) is 72.1 Å². The second-order valence-electron chi connectivity index (χ2n) is 7.05. The number of aliphatic carboxylic acids is 1. The zero-order chi connectivity index (χ0) is 20.4. The van der Waals surface area contributed by atoms with E-state index in [2.05, 4.69) is 9.82 Å². The third-order valence-electron chi connectivity index (χ3n) is 5.12. The summed E-state index contributed by atoms with van der Waals surface area (Å²) in [7, 11) is -3.72. The molecule has 8 heteroatoms. The van der Waals surface area contributed by atoms with E-state index in [1.165, 1.54) is 4.68 Å². The highest BCUT2D eigenvalue weighted by atomic mass is 32.2. The smallest absolute Gasteiger partial charge is 0.325 e. The summed E-state index contributed by atoms with van der Waals surface area (Å²) in [5.41, 5.74) is 3.50. The first kappa shape index (κ1) is 19.4. The molecule has 2 N–H and O–H groups in total. The summed E-state index contributed by atoms with van der Waals surface area (Å²) >= 11 is 0. The van der Waals surface area contributed by atoms with E-state index < -0.39 is 22.0 Å². The minimum absolute atomic E-state index is 0.197. The van der Waals surface area contributed by atoms with E-state index in [0.717, 1.165) is 28.8 Å². The second kappa shape index (κ2) is 7.81. The summed E-state index contributed by atoms with van der Waals surface area (Å²) in [6.45, 7) is -0.226. The second-order valence-corrected chi connectivity index (χ2v) is 8.77. The molecule has 0 amide bonds. The van der Waals surface area contributed by atoms with Crippen molar-refractivity contribution in [2.45, 2.75) is 36.7 Å². The summed E-state index contributed by atoms with van der Waals surface area (Å²) < 4.78 is 30.0. The Kier molecular flexibility index (Phi) is 5.21. The van der Waals surface area contributed by atoms with Crippen LogP contribution in [0.4, 0.5) is 0 Å². The molecule has 0 unspecified atom stereocenters. The molecule has 1 heterocycles. The monoisotopic (exact) mass is 411 g/mol. The van der Waals surface area contributed by atoms with Gasteiger partial charge >= 0.3 is 5.97 Å². The molecule has 0 bridgehead atoms. The number of fused-ring (bicyclic) bond motifs is 1. The number of sulfonamides is 1. The molecular weight excluding hydrogens is 390 g/mol. The highest BCUT2D eigenvalue weighted by Gasteiger charge is 2.29. The van der Waals surface area contributed by atoms with Crippen LogP contribution in [0.15, 0.2) is 65.7 Å². The van der Waals surface area contributed by atoms with Crippen molar-refractivity contribution in [1.29, 1.82) is 0 Å². The van der Waals surface area contributed by atoms with Gasteiger partial charge < -0.3 is 5.11 Å². The van der Waals surface area contributed by atoms with Gasteiger partial charge in [-0.3, -0.25) is 9.48 Å². The molecule has 0 saturated carbocycles. The van der Waals surface area contributed by atoms with E-state index in [1.807, 2.05) is 30.3 Å². The van der Waals surface area contributed by atoms with E-state index in [4.69, 9.17) is 5.11 Å². The lowest BCUT2D eigenvalue weighted by molar-refractivity contribution is -0.137. The Morgan fingerprint density at radius 3 is 2.48 bits per heavy atom. The lowest BCUT2D eigenvalue weighted by Crippen LogP contribution is -2.31. The summed E-state index contributed by atoms with van der Waals surface area (Å²) in [6.07, 6.45) is 3.67. The van der Waals surface area contributed by atoms with Crippen molar-refractivity contribution < 1.29 is 18.3 Å². The minimum atomic E-state index is -3.72. The van der Waals surface area contributed by atoms with Crippen LogP contribution >= 0.6 is 0 Å². The standard InChI is InChI=1S/C21H21N3O4S/c25-21(26)14-24-20-8-4-7-19(18(20)13-22-24)23-29(27,28)17-11-9-16(10-12-17)15-5-2-1-3-6-15/h1-3,5-6,9-13,19,23H,4,7-8,14H2,(H,25,26)/t19-/m1/s1. The molecule has 1 aliphatic carbocycles. The molecular formula is C21H21N3O4S. The molecule has 7 nitrogen and oxygen atoms in total. The molecule has 2 aromatic carbocycles. The van der Waals surface area contributed by atoms with Gasteiger partial charge in [-0.05, 0) is 42.5 Å². The first-order valence-electron chi connectivity index (χ1n) is 9.38. The van der Waals surface area contributed by atoms with Crippen molar-refractivity contribution in [3.63, 3.8) is 0 Å². The van der Waals surface area contributed by atoms with Crippen molar-refractivity contribution in [3.8, 4) is 11.1 Å². The van der Waals surface area contributed by atoms with E-state index in [1.54, 1.807) is 30.5 Å². The van der Waals surface area contributed by atoms with Crippen LogP contribution in [-0.2, 0) is 27.8 Å². The molecule has 4 rings (SSSR count). The van der Waals surface area contributed by atoms with Crippen LogP contribution in [0.1, 0.15) is 30.1 Å². The van der Waals surface area contributed by atoms with Gasteiger partial charge in [0.25, 0.3) is 0 Å². The third kappa shape index (κ3) is 4.08. The van der Waals surface area contributed by atoms with E-state index in [9.17, 15) is 13.2 Å². The number of benzene rings is 2. The van der Waals surface area contributed by atoms with Crippen molar-refractivity contribution in [2.24, 2.45) is 0 Å². The Hall–Kier alpha value is -2.97. The van der Waals surface area contributed by atoms with Gasteiger partial charge in [0, 0.05) is 11.3 Å². The number of aromatic nitrogens is 2. The molecule has 150 valence electrons. The van der Waals surface area contributed by atoms with Gasteiger partial charge in [0.05, 0.1) is 17.1 Å². The average Bonchev–Trinajstić information content (AvgIpc) is 3.12. The lowest BCUT2D eigenvalue weighted by atomic mass is 9.94. The Bertz CT molecular complexity index is 1120. The van der Waals surface area contributed by atoms with E-state index >= 15 is 0 Å². The Morgan fingerprint density at radius 2 is 1.79 bits per heavy atom. The van der Waals surface area contributed by atoms with Gasteiger partial charge in [-0.25, -0.2) is 13.1 Å². The predicted octanol–water partition coefficient (Wildman–Crippen LogP) is 2.99. The van der Waals surface area contributed by atoms with Gasteiger partial charge in [-0.2, -0.15) is 5.10 Å². The van der Waals surface area contributed by atoms with Crippen LogP contribution in [0.3, 0.4) is 0 Å². The van der Waals surface area contributed by atoms with Gasteiger partial charge in [0.15, 0.2) is 0 Å². The van der Waals surface area contributed by atoms with Crippen molar-refractivity contribution >= 4 is 16.0 Å². The number of hydrogen-bond donors (Lipinski definition) is 2. The highest BCUT2D eigenvalue weighted by molar-refractivity contribution is 7.89. The zero-order valence-corrected chi connectivity index (χ0v) is 16.5. The van der Waals surface area contributed by atoms with Crippen molar-refractivity contribution in [2.75, 3.05) is 0 Å². The van der Waals surface area contributed by atoms with E-state index in [0.29, 0.717) is 12.8 Å². The maximum atomic E-state index is 12.9. The Morgan fingerprint density at radius 1 is 1.10 bits per heavy atom. The molecule has 0 radical (unpaired) electrons. The van der Waals surface area contributed by atoms with Crippen LogP contribution < -0.4 is 4.72 Å². The fourth-order valence-corrected chi connectivity index (χ4v) is 4.97. The fourth-order valence-electron chi connectivity index (χ4n) is 3.72. The number of hydrogen-bond acceptors (Lipinski definition) is 4. The van der Waals surface area contributed by atoms with Gasteiger partial charge in [-0.1, -0.05) is 42.5 Å². The normalized spacial score (nSPS) is 16.3. The maximum absolute atomic E-state index is 12.9. The van der Waals surface area contributed by atoms with Crippen LogP contribution in [0.5, 0.6) is 0 Å². The van der Waals surface area contributed by atoms with Crippen LogP contribution in [0.25, 0.3) is 11.1 Å². The fraction of sp³-hybridized carbons (Fsp3) is 0.238. The average molecular weight is 411 g/mol. The molecule has 0 aliphatic heterocycles. The Balaban J connectivity index is 1.55. The molecule has 1 aromatic heterocycles. The van der Waals surface area contributed by atoms with Crippen LogP contribution in [-0.4, -0.2) is 29.3 Å². The molecule has 3 aromatic rings. The quantitative estimate of drug-likeness (QED) is 0.649. The number of nitrogens with zero attached hydrogens (tertiary/aromatic N) is 2. The topological polar surface area (TPSA) is 101 Å². The number of rotatable bonds is 6. The highest BCUT2D eigenvalue weighted by Crippen LogP contribution is 2.31. The Labute approximate surface area is 169 Å². The van der Waals surface area contributed by atoms with Gasteiger partial charge in [0.2, 0.25) is 10.0 Å². The number of carbonyl (C=O) groups is 1. The number of nitrogens with one attached hydrogen (secondary N) is 1. The molecule has 1 atom stereocenters. The first-order valence-corrected chi connectivity index (χ1v) is 10.9. The lowest BCUT2D eigenvalue weighted by Gasteiger charge is -2.24. The predicted molar refractivity (Wildman–Crippen MR) is 108 cm³/mol. The minimum Gasteiger partial charge on any atom is -0.480 e. The molecule has 0 saturated heterocycles. The molecule has 0 spiro atoms. The summed E-state index contributed by atoms with van der Waals surface area (Å²) in [6, 6.07) is 16.1. The van der Waals surface area contributed by atoms with Gasteiger partial charge in [0.1, 0.15) is 6.54 Å². The summed E-state index contributed by atoms with van der Waals surface area (Å²) in [4.78, 5) is 11.2. The third-order valence-corrected chi connectivity index (χ3v) is 6.60. The molecule has 0 fully saturated rings. The zero-order valence-electron chi connectivity index (χ0n) is 15.7. The summed E-state index contributed by atoms with van der Waals surface area (Å²) in [5.74, 6) is -0.975. The maximum Gasteiger partial charge on any atom is 0.325 e. The van der Waals surface area contributed by atoms with Gasteiger partial charge in [-0.15, -0.1) is 0 Å². The van der Waals surface area contributed by atoms with Crippen LogP contribution in [0, 0.1) is 0 Å².